The van der Waals surface area contributed by atoms with Gasteiger partial charge in [-0.05, 0) is 108 Å². The molecule has 0 amide bonds. The Hall–Kier alpha value is -0.900. The Labute approximate surface area is 184 Å². The minimum absolute atomic E-state index is 0.333. The summed E-state index contributed by atoms with van der Waals surface area (Å²) in [4.78, 5) is 0. The number of allylic oxidation sites excluding steroid dienone is 3. The zero-order chi connectivity index (χ0) is 22.1. The zero-order valence-electron chi connectivity index (χ0n) is 19.7. The minimum atomic E-state index is -0.593. The van der Waals surface area contributed by atoms with Gasteiger partial charge in [0.05, 0.1) is 17.8 Å². The third-order valence-electron chi connectivity index (χ3n) is 8.39. The monoisotopic (exact) mass is 416 g/mol. The molecule has 0 spiro atoms. The van der Waals surface area contributed by atoms with E-state index in [4.69, 9.17) is 0 Å². The van der Waals surface area contributed by atoms with E-state index in [2.05, 4.69) is 26.5 Å². The molecule has 0 aromatic rings. The lowest BCUT2D eigenvalue weighted by atomic mass is 9.61. The average molecular weight is 417 g/mol. The van der Waals surface area contributed by atoms with Crippen molar-refractivity contribution < 1.29 is 15.3 Å². The van der Waals surface area contributed by atoms with E-state index in [1.807, 2.05) is 13.8 Å². The average Bonchev–Trinajstić information content (AvgIpc) is 3.00. The summed E-state index contributed by atoms with van der Waals surface area (Å²) < 4.78 is 0. The van der Waals surface area contributed by atoms with E-state index >= 15 is 0 Å². The molecule has 3 N–H and O–H groups in total. The highest BCUT2D eigenvalue weighted by atomic mass is 16.3. The van der Waals surface area contributed by atoms with Crippen LogP contribution in [0.15, 0.2) is 34.9 Å². The Kier molecular flexibility index (Phi) is 7.37. The number of hydrogen-bond donors (Lipinski definition) is 3. The molecule has 170 valence electrons. The molecular formula is C27H44O3. The largest absolute Gasteiger partial charge is 0.390 e. The Morgan fingerprint density at radius 1 is 1.20 bits per heavy atom. The minimum Gasteiger partial charge on any atom is -0.390 e. The second kappa shape index (κ2) is 9.30. The van der Waals surface area contributed by atoms with Gasteiger partial charge in [0, 0.05) is 0 Å². The van der Waals surface area contributed by atoms with Crippen LogP contribution >= 0.6 is 0 Å². The second-order valence-corrected chi connectivity index (χ2v) is 11.3. The van der Waals surface area contributed by atoms with Gasteiger partial charge in [0.2, 0.25) is 0 Å². The number of hydrogen-bond acceptors (Lipinski definition) is 3. The molecule has 0 bridgehead atoms. The summed E-state index contributed by atoms with van der Waals surface area (Å²) in [6.07, 6.45) is 12.9. The van der Waals surface area contributed by atoms with Crippen molar-refractivity contribution in [1.29, 1.82) is 0 Å². The summed E-state index contributed by atoms with van der Waals surface area (Å²) in [6, 6.07) is 0. The number of rotatable bonds is 6. The fraction of sp³-hybridized carbons (Fsp3) is 0.778. The quantitative estimate of drug-likeness (QED) is 0.476. The summed E-state index contributed by atoms with van der Waals surface area (Å²) in [6.45, 7) is 12.5. The van der Waals surface area contributed by atoms with Crippen LogP contribution in [0.2, 0.25) is 0 Å². The third kappa shape index (κ3) is 5.29. The van der Waals surface area contributed by atoms with Gasteiger partial charge >= 0.3 is 0 Å². The normalized spacial score (nSPS) is 36.6. The fourth-order valence-electron chi connectivity index (χ4n) is 6.62. The lowest BCUT2D eigenvalue weighted by Gasteiger charge is -2.43. The summed E-state index contributed by atoms with van der Waals surface area (Å²) in [5.41, 5.74) is 4.82. The molecule has 0 heterocycles. The Morgan fingerprint density at radius 2 is 1.87 bits per heavy atom. The van der Waals surface area contributed by atoms with E-state index in [1.165, 1.54) is 37.7 Å². The molecule has 0 aromatic heterocycles. The van der Waals surface area contributed by atoms with Crippen LogP contribution in [-0.2, 0) is 0 Å². The van der Waals surface area contributed by atoms with E-state index in [1.54, 1.807) is 11.1 Å². The molecule has 3 aliphatic rings. The summed E-state index contributed by atoms with van der Waals surface area (Å²) in [5, 5.41) is 30.3. The Morgan fingerprint density at radius 3 is 2.50 bits per heavy atom. The highest BCUT2D eigenvalue weighted by molar-refractivity contribution is 5.28. The molecule has 0 aromatic carbocycles. The highest BCUT2D eigenvalue weighted by Gasteiger charge is 2.48. The first-order valence-corrected chi connectivity index (χ1v) is 12.2. The van der Waals surface area contributed by atoms with Crippen LogP contribution in [0, 0.1) is 17.3 Å². The Balaban J connectivity index is 1.66. The fourth-order valence-corrected chi connectivity index (χ4v) is 6.62. The smallest absolute Gasteiger partial charge is 0.0809 e. The van der Waals surface area contributed by atoms with E-state index < -0.39 is 17.8 Å². The molecule has 0 saturated heterocycles. The molecule has 5 atom stereocenters. The molecule has 3 saturated carbocycles. The number of fused-ring (bicyclic) bond motifs is 1. The maximum Gasteiger partial charge on any atom is 0.0809 e. The van der Waals surface area contributed by atoms with Gasteiger partial charge in [-0.25, -0.2) is 0 Å². The molecule has 2 unspecified atom stereocenters. The van der Waals surface area contributed by atoms with E-state index in [0.29, 0.717) is 29.7 Å². The molecule has 3 rings (SSSR count). The van der Waals surface area contributed by atoms with Crippen LogP contribution in [-0.4, -0.2) is 33.1 Å². The van der Waals surface area contributed by atoms with Gasteiger partial charge in [-0.1, -0.05) is 42.7 Å². The van der Waals surface area contributed by atoms with Gasteiger partial charge in [-0.3, -0.25) is 0 Å². The van der Waals surface area contributed by atoms with Crippen molar-refractivity contribution in [3.8, 4) is 0 Å². The van der Waals surface area contributed by atoms with Gasteiger partial charge in [-0.15, -0.1) is 0 Å². The lowest BCUT2D eigenvalue weighted by molar-refractivity contribution is 0.0688. The van der Waals surface area contributed by atoms with Crippen molar-refractivity contribution in [2.45, 2.75) is 116 Å². The standard InChI is InChI=1S/C27H44O3/c1-18(8-6-14-26(3,4)30)22-12-13-23-21(9-7-15-27(22,23)5)11-10-20-16-24(28)19(2)25(29)17-20/h10,21,23-25,28-30H,2,6-9,11-17H2,1,3-5H3/b22-18+/t21?,23?,24-,25-,27-/m1/s1. The van der Waals surface area contributed by atoms with Gasteiger partial charge < -0.3 is 15.3 Å². The van der Waals surface area contributed by atoms with Gasteiger partial charge in [-0.2, -0.15) is 0 Å². The van der Waals surface area contributed by atoms with E-state index in [9.17, 15) is 15.3 Å². The third-order valence-corrected chi connectivity index (χ3v) is 8.39. The maximum atomic E-state index is 10.1. The first-order valence-electron chi connectivity index (χ1n) is 12.2. The Bertz CT molecular complexity index is 679. The van der Waals surface area contributed by atoms with Crippen molar-refractivity contribution in [1.82, 2.24) is 0 Å². The predicted octanol–water partition coefficient (Wildman–Crippen LogP) is 5.85. The van der Waals surface area contributed by atoms with Crippen LogP contribution in [0.25, 0.3) is 0 Å². The second-order valence-electron chi connectivity index (χ2n) is 11.3. The van der Waals surface area contributed by atoms with Gasteiger partial charge in [0.15, 0.2) is 0 Å². The van der Waals surface area contributed by atoms with Gasteiger partial charge in [0.25, 0.3) is 0 Å². The molecule has 3 nitrogen and oxygen atoms in total. The van der Waals surface area contributed by atoms with Crippen molar-refractivity contribution in [3.05, 3.63) is 34.9 Å². The predicted molar refractivity (Wildman–Crippen MR) is 124 cm³/mol. The van der Waals surface area contributed by atoms with Crippen molar-refractivity contribution in [2.24, 2.45) is 17.3 Å². The molecule has 0 aliphatic heterocycles. The first-order chi connectivity index (χ1) is 14.0. The van der Waals surface area contributed by atoms with E-state index in [0.717, 1.165) is 31.6 Å². The zero-order valence-corrected chi connectivity index (χ0v) is 19.7. The van der Waals surface area contributed by atoms with Gasteiger partial charge in [0.1, 0.15) is 0 Å². The number of aliphatic hydroxyl groups is 3. The highest BCUT2D eigenvalue weighted by Crippen LogP contribution is 2.59. The van der Waals surface area contributed by atoms with E-state index in [-0.39, 0.29) is 0 Å². The van der Waals surface area contributed by atoms with Crippen molar-refractivity contribution in [3.63, 3.8) is 0 Å². The summed E-state index contributed by atoms with van der Waals surface area (Å²) in [7, 11) is 0. The van der Waals surface area contributed by atoms with Crippen molar-refractivity contribution in [2.75, 3.05) is 0 Å². The molecular weight excluding hydrogens is 372 g/mol. The summed E-state index contributed by atoms with van der Waals surface area (Å²) >= 11 is 0. The van der Waals surface area contributed by atoms with Crippen LogP contribution in [0.3, 0.4) is 0 Å². The van der Waals surface area contributed by atoms with Crippen LogP contribution in [0.1, 0.15) is 98.3 Å². The first kappa shape index (κ1) is 23.8. The molecule has 3 heteroatoms. The van der Waals surface area contributed by atoms with Crippen LogP contribution < -0.4 is 0 Å². The van der Waals surface area contributed by atoms with Crippen molar-refractivity contribution >= 4 is 0 Å². The van der Waals surface area contributed by atoms with Crippen LogP contribution in [0.5, 0.6) is 0 Å². The SMILES string of the molecule is C=C1[C@H](O)CC(=CCC2CCC[C@]3(C)/C(=C(\C)CCCC(C)(C)O)CCC23)C[C@H]1O. The molecule has 3 fully saturated rings. The number of aliphatic hydroxyl groups excluding tert-OH is 2. The summed E-state index contributed by atoms with van der Waals surface area (Å²) in [5.74, 6) is 1.45. The topological polar surface area (TPSA) is 60.7 Å². The molecule has 30 heavy (non-hydrogen) atoms. The lowest BCUT2D eigenvalue weighted by Crippen LogP contribution is -2.34. The van der Waals surface area contributed by atoms with Crippen LogP contribution in [0.4, 0.5) is 0 Å². The molecule has 0 radical (unpaired) electrons. The maximum absolute atomic E-state index is 10.1. The molecule has 3 aliphatic carbocycles.